The lowest BCUT2D eigenvalue weighted by atomic mass is 10.4. The van der Waals surface area contributed by atoms with E-state index in [2.05, 4.69) is 15.0 Å². The second-order valence-corrected chi connectivity index (χ2v) is 3.20. The van der Waals surface area contributed by atoms with Crippen LogP contribution >= 0.6 is 0 Å². The van der Waals surface area contributed by atoms with Crippen LogP contribution < -0.4 is 5.69 Å². The molecule has 0 radical (unpaired) electrons. The number of nitrogens with one attached hydrogen (secondary N) is 1. The van der Waals surface area contributed by atoms with Gasteiger partial charge in [0.2, 0.25) is 0 Å². The molecule has 0 spiro atoms. The second kappa shape index (κ2) is 3.62. The van der Waals surface area contributed by atoms with E-state index < -0.39 is 24.8 Å². The number of fused-ring (bicyclic) bond motifs is 1. The Balaban J connectivity index is 2.37. The van der Waals surface area contributed by atoms with Gasteiger partial charge in [-0.15, -0.1) is 0 Å². The molecule has 5 nitrogen and oxygen atoms in total. The summed E-state index contributed by atoms with van der Waals surface area (Å²) in [6, 6.07) is 0. The highest BCUT2D eigenvalue weighted by molar-refractivity contribution is 5.68. The van der Waals surface area contributed by atoms with Gasteiger partial charge in [0.15, 0.2) is 5.65 Å². The molecule has 0 saturated carbocycles. The summed E-state index contributed by atoms with van der Waals surface area (Å²) in [4.78, 5) is 21.1. The summed E-state index contributed by atoms with van der Waals surface area (Å²) in [5.74, 6) is 0. The van der Waals surface area contributed by atoms with Crippen molar-refractivity contribution in [3.05, 3.63) is 23.0 Å². The number of aryl methyl sites for hydroxylation is 1. The number of nitrogens with zero attached hydrogens (tertiary/aromatic N) is 3. The lowest BCUT2D eigenvalue weighted by Gasteiger charge is -2.06. The van der Waals surface area contributed by atoms with E-state index in [9.17, 15) is 18.0 Å². The molecule has 1 N–H and O–H groups in total. The Morgan fingerprint density at radius 3 is 2.88 bits per heavy atom. The number of H-pyrrole nitrogens is 1. The summed E-state index contributed by atoms with van der Waals surface area (Å²) in [6.07, 6.45) is -2.84. The Labute approximate surface area is 86.9 Å². The fourth-order valence-corrected chi connectivity index (χ4v) is 1.35. The minimum absolute atomic E-state index is 0.238. The molecular formula is C8H7F3N4O. The number of hydrogen-bond donors (Lipinski definition) is 1. The van der Waals surface area contributed by atoms with Crippen LogP contribution in [0.15, 0.2) is 17.3 Å². The molecule has 0 aliphatic carbocycles. The molecule has 2 aromatic rings. The molecule has 2 rings (SSSR count). The van der Waals surface area contributed by atoms with E-state index in [1.807, 2.05) is 0 Å². The van der Waals surface area contributed by atoms with Crippen LogP contribution in [0.1, 0.15) is 6.42 Å². The average molecular weight is 232 g/mol. The molecule has 0 unspecified atom stereocenters. The Morgan fingerprint density at radius 1 is 1.44 bits per heavy atom. The Bertz CT molecular complexity index is 556. The minimum Gasteiger partial charge on any atom is -0.290 e. The first-order chi connectivity index (χ1) is 7.47. The molecule has 0 atom stereocenters. The van der Waals surface area contributed by atoms with Gasteiger partial charge < -0.3 is 0 Å². The monoisotopic (exact) mass is 232 g/mol. The topological polar surface area (TPSA) is 63.6 Å². The normalized spacial score (nSPS) is 12.2. The summed E-state index contributed by atoms with van der Waals surface area (Å²) >= 11 is 0. The smallest absolute Gasteiger partial charge is 0.290 e. The van der Waals surface area contributed by atoms with Gasteiger partial charge in [0.1, 0.15) is 11.8 Å². The molecule has 86 valence electrons. The van der Waals surface area contributed by atoms with Crippen LogP contribution in [0, 0.1) is 0 Å². The Morgan fingerprint density at radius 2 is 2.19 bits per heavy atom. The lowest BCUT2D eigenvalue weighted by Crippen LogP contribution is -2.20. The lowest BCUT2D eigenvalue weighted by molar-refractivity contribution is -0.136. The fourth-order valence-electron chi connectivity index (χ4n) is 1.35. The molecule has 0 aliphatic heterocycles. The third kappa shape index (κ3) is 2.05. The number of alkyl halides is 3. The van der Waals surface area contributed by atoms with E-state index in [1.165, 1.54) is 12.5 Å². The molecule has 8 heteroatoms. The molecule has 0 aliphatic rings. The SMILES string of the molecule is O=c1[nH]c2ncncc2n1CCC(F)(F)F. The zero-order valence-electron chi connectivity index (χ0n) is 7.95. The van der Waals surface area contributed by atoms with E-state index in [1.54, 1.807) is 0 Å². The van der Waals surface area contributed by atoms with Crippen LogP contribution in [0.25, 0.3) is 11.2 Å². The van der Waals surface area contributed by atoms with Gasteiger partial charge in [-0.3, -0.25) is 9.55 Å². The van der Waals surface area contributed by atoms with E-state index in [0.29, 0.717) is 0 Å². The van der Waals surface area contributed by atoms with Crippen molar-refractivity contribution in [1.29, 1.82) is 0 Å². The quantitative estimate of drug-likeness (QED) is 0.842. The number of halogens is 3. The summed E-state index contributed by atoms with van der Waals surface area (Å²) in [5, 5.41) is 0. The first kappa shape index (κ1) is 10.7. The molecule has 2 heterocycles. The summed E-state index contributed by atoms with van der Waals surface area (Å²) in [6.45, 7) is -0.435. The maximum atomic E-state index is 12.0. The van der Waals surface area contributed by atoms with Crippen molar-refractivity contribution in [2.75, 3.05) is 0 Å². The van der Waals surface area contributed by atoms with Gasteiger partial charge in [-0.2, -0.15) is 13.2 Å². The first-order valence-corrected chi connectivity index (χ1v) is 4.42. The van der Waals surface area contributed by atoms with Crippen molar-refractivity contribution >= 4 is 11.2 Å². The van der Waals surface area contributed by atoms with E-state index in [-0.39, 0.29) is 11.2 Å². The third-order valence-electron chi connectivity index (χ3n) is 2.07. The minimum atomic E-state index is -4.29. The highest BCUT2D eigenvalue weighted by Crippen LogP contribution is 2.20. The van der Waals surface area contributed by atoms with Gasteiger partial charge in [-0.25, -0.2) is 14.8 Å². The average Bonchev–Trinajstić information content (AvgIpc) is 2.49. The van der Waals surface area contributed by atoms with Crippen molar-refractivity contribution < 1.29 is 13.2 Å². The molecule has 0 amide bonds. The van der Waals surface area contributed by atoms with Crippen molar-refractivity contribution in [3.63, 3.8) is 0 Å². The van der Waals surface area contributed by atoms with Crippen molar-refractivity contribution in [1.82, 2.24) is 19.5 Å². The maximum Gasteiger partial charge on any atom is 0.390 e. The molecular weight excluding hydrogens is 225 g/mol. The molecule has 0 saturated heterocycles. The summed E-state index contributed by atoms with van der Waals surface area (Å²) in [5.41, 5.74) is -0.0984. The summed E-state index contributed by atoms with van der Waals surface area (Å²) in [7, 11) is 0. The van der Waals surface area contributed by atoms with Gasteiger partial charge in [0.05, 0.1) is 12.6 Å². The number of hydrogen-bond acceptors (Lipinski definition) is 3. The van der Waals surface area contributed by atoms with Crippen molar-refractivity contribution in [2.24, 2.45) is 0 Å². The second-order valence-electron chi connectivity index (χ2n) is 3.20. The molecule has 2 aromatic heterocycles. The Kier molecular flexibility index (Phi) is 2.41. The van der Waals surface area contributed by atoms with Crippen molar-refractivity contribution in [2.45, 2.75) is 19.1 Å². The van der Waals surface area contributed by atoms with Gasteiger partial charge in [-0.05, 0) is 0 Å². The van der Waals surface area contributed by atoms with E-state index in [0.717, 1.165) is 4.57 Å². The Hall–Kier alpha value is -1.86. The van der Waals surface area contributed by atoms with Crippen LogP contribution in [-0.2, 0) is 6.54 Å². The van der Waals surface area contributed by atoms with Crippen molar-refractivity contribution in [3.8, 4) is 0 Å². The van der Waals surface area contributed by atoms with Crippen LogP contribution in [0.3, 0.4) is 0 Å². The highest BCUT2D eigenvalue weighted by Gasteiger charge is 2.27. The van der Waals surface area contributed by atoms with Gasteiger partial charge in [0.25, 0.3) is 0 Å². The van der Waals surface area contributed by atoms with Gasteiger partial charge >= 0.3 is 11.9 Å². The third-order valence-corrected chi connectivity index (χ3v) is 2.07. The molecule has 0 bridgehead atoms. The maximum absolute atomic E-state index is 12.0. The van der Waals surface area contributed by atoms with Crippen LogP contribution in [-0.4, -0.2) is 25.7 Å². The largest absolute Gasteiger partial charge is 0.390 e. The highest BCUT2D eigenvalue weighted by atomic mass is 19.4. The van der Waals surface area contributed by atoms with Crippen LogP contribution in [0.4, 0.5) is 13.2 Å². The summed E-state index contributed by atoms with van der Waals surface area (Å²) < 4.78 is 37.0. The van der Waals surface area contributed by atoms with Crippen LogP contribution in [0.5, 0.6) is 0 Å². The number of aromatic nitrogens is 4. The zero-order valence-corrected chi connectivity index (χ0v) is 7.95. The zero-order chi connectivity index (χ0) is 11.8. The first-order valence-electron chi connectivity index (χ1n) is 4.42. The van der Waals surface area contributed by atoms with E-state index in [4.69, 9.17) is 0 Å². The van der Waals surface area contributed by atoms with Crippen LogP contribution in [0.2, 0.25) is 0 Å². The predicted molar refractivity (Wildman–Crippen MR) is 48.8 cm³/mol. The fraction of sp³-hybridized carbons (Fsp3) is 0.375. The standard InChI is InChI=1S/C8H7F3N4O/c9-8(10,11)1-2-15-5-3-12-4-13-6(5)14-7(15)16/h3-4H,1-2H2,(H,12,13,14,16). The number of rotatable bonds is 2. The predicted octanol–water partition coefficient (Wildman–Crippen LogP) is 1.07. The van der Waals surface area contributed by atoms with Gasteiger partial charge in [0, 0.05) is 6.54 Å². The van der Waals surface area contributed by atoms with Gasteiger partial charge in [-0.1, -0.05) is 0 Å². The number of imidazole rings is 1. The molecule has 16 heavy (non-hydrogen) atoms. The van der Waals surface area contributed by atoms with E-state index >= 15 is 0 Å². The molecule has 0 fully saturated rings. The number of aromatic amines is 1. The molecule has 0 aromatic carbocycles.